The molecule has 0 saturated carbocycles. The zero-order valence-corrected chi connectivity index (χ0v) is 11.6. The van der Waals surface area contributed by atoms with Gasteiger partial charge in [-0.05, 0) is 29.2 Å². The number of rotatable bonds is 6. The maximum atomic E-state index is 9.52. The second-order valence-corrected chi connectivity index (χ2v) is 4.90. The van der Waals surface area contributed by atoms with Gasteiger partial charge in [0.25, 0.3) is 0 Å². The molecule has 19 heavy (non-hydrogen) atoms. The van der Waals surface area contributed by atoms with Gasteiger partial charge >= 0.3 is 0 Å². The minimum atomic E-state index is -0.00823. The maximum Gasteiger partial charge on any atom is 0.0626 e. The highest BCUT2D eigenvalue weighted by atomic mass is 16.3. The lowest BCUT2D eigenvalue weighted by Gasteiger charge is -2.16. The normalized spacial score (nSPS) is 12.6. The van der Waals surface area contributed by atoms with Gasteiger partial charge in [0, 0.05) is 26.0 Å². The third kappa shape index (κ3) is 3.69. The molecule has 0 aliphatic rings. The van der Waals surface area contributed by atoms with E-state index in [9.17, 15) is 5.11 Å². The highest BCUT2D eigenvalue weighted by Crippen LogP contribution is 2.15. The van der Waals surface area contributed by atoms with E-state index in [1.54, 1.807) is 0 Å². The zero-order chi connectivity index (χ0) is 13.7. The Bertz CT molecular complexity index is 502. The van der Waals surface area contributed by atoms with Crippen LogP contribution in [0.4, 0.5) is 0 Å². The molecular formula is C16H22N2O. The number of aliphatic hydroxyl groups is 1. The fraction of sp³-hybridized carbons (Fsp3) is 0.375. The van der Waals surface area contributed by atoms with Gasteiger partial charge in [0.2, 0.25) is 0 Å². The van der Waals surface area contributed by atoms with Crippen molar-refractivity contribution in [3.05, 3.63) is 59.4 Å². The van der Waals surface area contributed by atoms with Crippen LogP contribution in [-0.2, 0) is 20.0 Å². The van der Waals surface area contributed by atoms with Gasteiger partial charge < -0.3 is 15.0 Å². The molecular weight excluding hydrogens is 236 g/mol. The molecule has 1 aromatic heterocycles. The van der Waals surface area contributed by atoms with E-state index in [1.807, 2.05) is 17.8 Å². The SMILES string of the molecule is CCc1ccc(C(CO)NCc2ccn(C)c2)cc1. The highest BCUT2D eigenvalue weighted by molar-refractivity contribution is 5.25. The first-order valence-electron chi connectivity index (χ1n) is 6.77. The summed E-state index contributed by atoms with van der Waals surface area (Å²) in [6.07, 6.45) is 5.16. The van der Waals surface area contributed by atoms with Crippen LogP contribution in [0.5, 0.6) is 0 Å². The number of hydrogen-bond acceptors (Lipinski definition) is 2. The average Bonchev–Trinajstić information content (AvgIpc) is 2.86. The van der Waals surface area contributed by atoms with Crippen LogP contribution in [0, 0.1) is 0 Å². The minimum absolute atomic E-state index is 0.00823. The van der Waals surface area contributed by atoms with Crippen molar-refractivity contribution in [3.8, 4) is 0 Å². The highest BCUT2D eigenvalue weighted by Gasteiger charge is 2.09. The molecule has 2 aromatic rings. The lowest BCUT2D eigenvalue weighted by Crippen LogP contribution is -2.23. The smallest absolute Gasteiger partial charge is 0.0626 e. The van der Waals surface area contributed by atoms with Crippen molar-refractivity contribution in [2.24, 2.45) is 7.05 Å². The Morgan fingerprint density at radius 1 is 1.16 bits per heavy atom. The summed E-state index contributed by atoms with van der Waals surface area (Å²) in [5, 5.41) is 12.9. The van der Waals surface area contributed by atoms with Crippen LogP contribution >= 0.6 is 0 Å². The topological polar surface area (TPSA) is 37.2 Å². The molecule has 0 bridgehead atoms. The Hall–Kier alpha value is -1.58. The van der Waals surface area contributed by atoms with E-state index in [2.05, 4.69) is 48.8 Å². The van der Waals surface area contributed by atoms with Crippen molar-refractivity contribution in [2.75, 3.05) is 6.61 Å². The molecule has 0 aliphatic carbocycles. The third-order valence-corrected chi connectivity index (χ3v) is 3.42. The summed E-state index contributed by atoms with van der Waals surface area (Å²) in [5.74, 6) is 0. The van der Waals surface area contributed by atoms with Gasteiger partial charge in [-0.25, -0.2) is 0 Å². The molecule has 1 unspecified atom stereocenters. The van der Waals surface area contributed by atoms with Crippen molar-refractivity contribution in [2.45, 2.75) is 25.9 Å². The summed E-state index contributed by atoms with van der Waals surface area (Å²) < 4.78 is 2.03. The minimum Gasteiger partial charge on any atom is -0.394 e. The van der Waals surface area contributed by atoms with Crippen LogP contribution in [0.2, 0.25) is 0 Å². The Morgan fingerprint density at radius 3 is 2.42 bits per heavy atom. The number of nitrogens with zero attached hydrogens (tertiary/aromatic N) is 1. The van der Waals surface area contributed by atoms with Crippen LogP contribution < -0.4 is 5.32 Å². The fourth-order valence-corrected chi connectivity index (χ4v) is 2.18. The first-order valence-corrected chi connectivity index (χ1v) is 6.77. The molecule has 2 N–H and O–H groups in total. The van der Waals surface area contributed by atoms with E-state index in [1.165, 1.54) is 11.1 Å². The van der Waals surface area contributed by atoms with Crippen LogP contribution in [0.1, 0.15) is 29.7 Å². The van der Waals surface area contributed by atoms with Crippen molar-refractivity contribution in [1.82, 2.24) is 9.88 Å². The van der Waals surface area contributed by atoms with Gasteiger partial charge in [-0.2, -0.15) is 0 Å². The Morgan fingerprint density at radius 2 is 1.89 bits per heavy atom. The van der Waals surface area contributed by atoms with E-state index < -0.39 is 0 Å². The van der Waals surface area contributed by atoms with Crippen LogP contribution in [0.15, 0.2) is 42.7 Å². The Balaban J connectivity index is 1.98. The summed E-state index contributed by atoms with van der Waals surface area (Å²) >= 11 is 0. The van der Waals surface area contributed by atoms with E-state index >= 15 is 0 Å². The quantitative estimate of drug-likeness (QED) is 0.835. The largest absolute Gasteiger partial charge is 0.394 e. The molecule has 0 saturated heterocycles. The van der Waals surface area contributed by atoms with Gasteiger partial charge in [0.1, 0.15) is 0 Å². The molecule has 0 aliphatic heterocycles. The molecule has 0 amide bonds. The molecule has 0 spiro atoms. The van der Waals surface area contributed by atoms with Gasteiger partial charge in [0.05, 0.1) is 12.6 Å². The van der Waals surface area contributed by atoms with Crippen LogP contribution in [-0.4, -0.2) is 16.3 Å². The predicted molar refractivity (Wildman–Crippen MR) is 77.9 cm³/mol. The Labute approximate surface area is 114 Å². The monoisotopic (exact) mass is 258 g/mol. The zero-order valence-electron chi connectivity index (χ0n) is 11.6. The third-order valence-electron chi connectivity index (χ3n) is 3.42. The number of nitrogens with one attached hydrogen (secondary N) is 1. The Kier molecular flexibility index (Phi) is 4.77. The molecule has 1 atom stereocenters. The number of aryl methyl sites for hydroxylation is 2. The van der Waals surface area contributed by atoms with Crippen LogP contribution in [0.25, 0.3) is 0 Å². The average molecular weight is 258 g/mol. The van der Waals surface area contributed by atoms with E-state index in [0.717, 1.165) is 18.5 Å². The van der Waals surface area contributed by atoms with Crippen molar-refractivity contribution in [3.63, 3.8) is 0 Å². The molecule has 2 rings (SSSR count). The summed E-state index contributed by atoms with van der Waals surface area (Å²) in [4.78, 5) is 0. The lowest BCUT2D eigenvalue weighted by atomic mass is 10.0. The van der Waals surface area contributed by atoms with Crippen molar-refractivity contribution < 1.29 is 5.11 Å². The van der Waals surface area contributed by atoms with Gasteiger partial charge in [-0.3, -0.25) is 0 Å². The molecule has 3 nitrogen and oxygen atoms in total. The molecule has 1 aromatic carbocycles. The standard InChI is InChI=1S/C16H22N2O/c1-3-13-4-6-15(7-5-13)16(12-19)17-10-14-8-9-18(2)11-14/h4-9,11,16-17,19H,3,10,12H2,1-2H3. The van der Waals surface area contributed by atoms with Crippen molar-refractivity contribution in [1.29, 1.82) is 0 Å². The van der Waals surface area contributed by atoms with Crippen LogP contribution in [0.3, 0.4) is 0 Å². The molecule has 102 valence electrons. The lowest BCUT2D eigenvalue weighted by molar-refractivity contribution is 0.243. The molecule has 0 fully saturated rings. The molecule has 1 heterocycles. The summed E-state index contributed by atoms with van der Waals surface area (Å²) in [7, 11) is 2.01. The van der Waals surface area contributed by atoms with Gasteiger partial charge in [-0.15, -0.1) is 0 Å². The predicted octanol–water partition coefficient (Wildman–Crippen LogP) is 2.41. The first kappa shape index (κ1) is 13.8. The second-order valence-electron chi connectivity index (χ2n) is 4.90. The van der Waals surface area contributed by atoms with E-state index in [-0.39, 0.29) is 12.6 Å². The maximum absolute atomic E-state index is 9.52. The molecule has 0 radical (unpaired) electrons. The second kappa shape index (κ2) is 6.55. The van der Waals surface area contributed by atoms with Gasteiger partial charge in [0.15, 0.2) is 0 Å². The summed E-state index contributed by atoms with van der Waals surface area (Å²) in [6.45, 7) is 3.02. The van der Waals surface area contributed by atoms with E-state index in [0.29, 0.717) is 0 Å². The number of aliphatic hydroxyl groups excluding tert-OH is 1. The first-order chi connectivity index (χ1) is 9.22. The number of benzene rings is 1. The van der Waals surface area contributed by atoms with Crippen molar-refractivity contribution >= 4 is 0 Å². The van der Waals surface area contributed by atoms with Gasteiger partial charge in [-0.1, -0.05) is 31.2 Å². The number of aromatic nitrogens is 1. The molecule has 3 heteroatoms. The number of hydrogen-bond donors (Lipinski definition) is 2. The summed E-state index contributed by atoms with van der Waals surface area (Å²) in [6, 6.07) is 10.5. The van der Waals surface area contributed by atoms with E-state index in [4.69, 9.17) is 0 Å². The fourth-order valence-electron chi connectivity index (χ4n) is 2.18. The summed E-state index contributed by atoms with van der Waals surface area (Å²) in [5.41, 5.74) is 3.69.